The molecule has 0 aliphatic carbocycles. The predicted molar refractivity (Wildman–Crippen MR) is 95.1 cm³/mol. The van der Waals surface area contributed by atoms with Crippen molar-refractivity contribution in [3.8, 4) is 17.2 Å². The number of amides is 1. The summed E-state index contributed by atoms with van der Waals surface area (Å²) in [6.07, 6.45) is 0. The Morgan fingerprint density at radius 3 is 2.19 bits per heavy atom. The Balaban J connectivity index is 2.26. The minimum atomic E-state index is -0.475. The summed E-state index contributed by atoms with van der Waals surface area (Å²) in [4.78, 5) is 23.0. The number of nitrogens with zero attached hydrogens (tertiary/aromatic N) is 1. The van der Waals surface area contributed by atoms with Gasteiger partial charge in [0.05, 0.1) is 32.3 Å². The summed E-state index contributed by atoms with van der Waals surface area (Å²) in [7, 11) is 4.40. The van der Waals surface area contributed by atoms with Crippen LogP contribution < -0.4 is 19.5 Å². The minimum absolute atomic E-state index is 0.0311. The summed E-state index contributed by atoms with van der Waals surface area (Å²) in [5.41, 5.74) is 0.910. The smallest absolute Gasteiger partial charge is 0.269 e. The normalized spacial score (nSPS) is 11.4. The molecular weight excluding hydrogens is 340 g/mol. The van der Waals surface area contributed by atoms with Gasteiger partial charge in [-0.15, -0.1) is 0 Å². The number of benzene rings is 2. The molecular formula is C18H20N2O6. The van der Waals surface area contributed by atoms with Crippen LogP contribution in [0.5, 0.6) is 17.2 Å². The number of hydrogen-bond donors (Lipinski definition) is 1. The lowest BCUT2D eigenvalue weighted by Gasteiger charge is -2.17. The highest BCUT2D eigenvalue weighted by molar-refractivity contribution is 5.95. The molecule has 8 nitrogen and oxygen atoms in total. The van der Waals surface area contributed by atoms with Gasteiger partial charge in [0.25, 0.3) is 11.6 Å². The molecule has 1 unspecified atom stereocenters. The maximum Gasteiger partial charge on any atom is 0.269 e. The lowest BCUT2D eigenvalue weighted by Crippen LogP contribution is -2.26. The molecule has 0 aliphatic rings. The summed E-state index contributed by atoms with van der Waals surface area (Å²) >= 11 is 0. The van der Waals surface area contributed by atoms with Gasteiger partial charge in [0, 0.05) is 17.7 Å². The van der Waals surface area contributed by atoms with Gasteiger partial charge < -0.3 is 19.5 Å². The summed E-state index contributed by atoms with van der Waals surface area (Å²) in [6, 6.07) is 8.77. The van der Waals surface area contributed by atoms with Crippen molar-refractivity contribution in [1.82, 2.24) is 5.32 Å². The van der Waals surface area contributed by atoms with E-state index in [4.69, 9.17) is 14.2 Å². The van der Waals surface area contributed by atoms with E-state index in [2.05, 4.69) is 5.32 Å². The number of nitrogens with one attached hydrogen (secondary N) is 1. The fourth-order valence-corrected chi connectivity index (χ4v) is 2.48. The van der Waals surface area contributed by atoms with Crippen LogP contribution in [-0.4, -0.2) is 32.2 Å². The van der Waals surface area contributed by atoms with Crippen LogP contribution in [0.3, 0.4) is 0 Å². The number of nitro groups is 1. The third-order valence-electron chi connectivity index (χ3n) is 3.86. The molecule has 0 spiro atoms. The summed E-state index contributed by atoms with van der Waals surface area (Å²) in [5, 5.41) is 13.7. The van der Waals surface area contributed by atoms with Crippen LogP contribution in [0.4, 0.5) is 5.69 Å². The molecule has 0 fully saturated rings. The quantitative estimate of drug-likeness (QED) is 0.601. The summed E-state index contributed by atoms with van der Waals surface area (Å²) in [6.45, 7) is 1.74. The van der Waals surface area contributed by atoms with Gasteiger partial charge in [-0.05, 0) is 24.6 Å². The van der Waals surface area contributed by atoms with Crippen molar-refractivity contribution in [3.63, 3.8) is 0 Å². The second-order valence-electron chi connectivity index (χ2n) is 5.46. The first-order chi connectivity index (χ1) is 12.4. The van der Waals surface area contributed by atoms with Crippen molar-refractivity contribution < 1.29 is 23.9 Å². The van der Waals surface area contributed by atoms with E-state index in [0.29, 0.717) is 28.4 Å². The van der Waals surface area contributed by atoms with Crippen LogP contribution in [0.2, 0.25) is 0 Å². The van der Waals surface area contributed by atoms with Crippen LogP contribution in [0, 0.1) is 10.1 Å². The van der Waals surface area contributed by atoms with Crippen LogP contribution >= 0.6 is 0 Å². The Kier molecular flexibility index (Phi) is 6.00. The van der Waals surface area contributed by atoms with Gasteiger partial charge in [-0.3, -0.25) is 14.9 Å². The zero-order valence-corrected chi connectivity index (χ0v) is 14.9. The minimum Gasteiger partial charge on any atom is -0.493 e. The van der Waals surface area contributed by atoms with E-state index in [9.17, 15) is 14.9 Å². The second kappa shape index (κ2) is 8.19. The maximum atomic E-state index is 12.6. The van der Waals surface area contributed by atoms with E-state index in [1.165, 1.54) is 45.6 Å². The van der Waals surface area contributed by atoms with E-state index >= 15 is 0 Å². The fraction of sp³-hybridized carbons (Fsp3) is 0.278. The van der Waals surface area contributed by atoms with Gasteiger partial charge in [0.1, 0.15) is 0 Å². The number of ether oxygens (including phenoxy) is 3. The van der Waals surface area contributed by atoms with Crippen LogP contribution in [0.15, 0.2) is 36.4 Å². The average molecular weight is 360 g/mol. The maximum absolute atomic E-state index is 12.6. The molecule has 26 heavy (non-hydrogen) atoms. The lowest BCUT2D eigenvalue weighted by molar-refractivity contribution is -0.384. The summed E-state index contributed by atoms with van der Waals surface area (Å²) < 4.78 is 15.7. The number of methoxy groups -OCH3 is 3. The van der Waals surface area contributed by atoms with Crippen LogP contribution in [0.1, 0.15) is 28.9 Å². The molecule has 0 saturated carbocycles. The molecule has 138 valence electrons. The van der Waals surface area contributed by atoms with Crippen LogP contribution in [-0.2, 0) is 0 Å². The first kappa shape index (κ1) is 19.0. The zero-order valence-electron chi connectivity index (χ0n) is 14.9. The first-order valence-electron chi connectivity index (χ1n) is 7.76. The Hall–Kier alpha value is -3.29. The molecule has 2 rings (SSSR count). The molecule has 0 bridgehead atoms. The third-order valence-corrected chi connectivity index (χ3v) is 3.86. The fourth-order valence-electron chi connectivity index (χ4n) is 2.48. The van der Waals surface area contributed by atoms with Crippen molar-refractivity contribution in [2.45, 2.75) is 13.0 Å². The van der Waals surface area contributed by atoms with Gasteiger partial charge in [-0.1, -0.05) is 12.1 Å². The molecule has 1 amide bonds. The van der Waals surface area contributed by atoms with E-state index in [1.807, 2.05) is 0 Å². The average Bonchev–Trinajstić information content (AvgIpc) is 2.66. The van der Waals surface area contributed by atoms with E-state index in [1.54, 1.807) is 19.1 Å². The first-order valence-corrected chi connectivity index (χ1v) is 7.76. The monoisotopic (exact) mass is 360 g/mol. The lowest BCUT2D eigenvalue weighted by atomic mass is 10.1. The van der Waals surface area contributed by atoms with E-state index in [0.717, 1.165) is 0 Å². The Labute approximate surface area is 150 Å². The number of carbonyl (C=O) groups excluding carboxylic acids is 1. The predicted octanol–water partition coefficient (Wildman–Crippen LogP) is 3.11. The van der Waals surface area contributed by atoms with Gasteiger partial charge in [-0.2, -0.15) is 0 Å². The summed E-state index contributed by atoms with van der Waals surface area (Å²) in [5.74, 6) is 0.738. The number of carbonyl (C=O) groups is 1. The van der Waals surface area contributed by atoms with Gasteiger partial charge in [0.15, 0.2) is 11.5 Å². The zero-order chi connectivity index (χ0) is 19.3. The SMILES string of the molecule is COc1cc(C(=O)NC(C)c2cccc([N+](=O)[O-])c2)cc(OC)c1OC. The molecule has 2 aromatic carbocycles. The molecule has 8 heteroatoms. The molecule has 0 saturated heterocycles. The number of non-ortho nitro benzene ring substituents is 1. The Bertz CT molecular complexity index is 796. The van der Waals surface area contributed by atoms with E-state index < -0.39 is 11.0 Å². The van der Waals surface area contributed by atoms with Crippen molar-refractivity contribution >= 4 is 11.6 Å². The van der Waals surface area contributed by atoms with Gasteiger partial charge >= 0.3 is 0 Å². The van der Waals surface area contributed by atoms with Gasteiger partial charge in [-0.25, -0.2) is 0 Å². The molecule has 0 radical (unpaired) electrons. The highest BCUT2D eigenvalue weighted by Gasteiger charge is 2.19. The number of hydrogen-bond acceptors (Lipinski definition) is 6. The second-order valence-corrected chi connectivity index (χ2v) is 5.46. The van der Waals surface area contributed by atoms with Crippen molar-refractivity contribution in [1.29, 1.82) is 0 Å². The Morgan fingerprint density at radius 1 is 1.08 bits per heavy atom. The standard InChI is InChI=1S/C18H20N2O6/c1-11(12-6-5-7-14(8-12)20(22)23)19-18(21)13-9-15(24-2)17(26-4)16(10-13)25-3/h5-11H,1-4H3,(H,19,21). The van der Waals surface area contributed by atoms with E-state index in [-0.39, 0.29) is 11.6 Å². The highest BCUT2D eigenvalue weighted by Crippen LogP contribution is 2.38. The molecule has 2 aromatic rings. The largest absolute Gasteiger partial charge is 0.493 e. The third kappa shape index (κ3) is 4.02. The molecule has 1 atom stereocenters. The van der Waals surface area contributed by atoms with Gasteiger partial charge in [0.2, 0.25) is 5.75 Å². The molecule has 1 N–H and O–H groups in total. The van der Waals surface area contributed by atoms with Crippen LogP contribution in [0.25, 0.3) is 0 Å². The molecule has 0 aromatic heterocycles. The van der Waals surface area contributed by atoms with Crippen molar-refractivity contribution in [3.05, 3.63) is 57.6 Å². The molecule has 0 aliphatic heterocycles. The molecule has 0 heterocycles. The Morgan fingerprint density at radius 2 is 1.69 bits per heavy atom. The van der Waals surface area contributed by atoms with Crippen molar-refractivity contribution in [2.24, 2.45) is 0 Å². The number of nitro benzene ring substituents is 1. The number of rotatable bonds is 7. The highest BCUT2D eigenvalue weighted by atomic mass is 16.6. The van der Waals surface area contributed by atoms with Crippen molar-refractivity contribution in [2.75, 3.05) is 21.3 Å². The topological polar surface area (TPSA) is 99.9 Å².